The van der Waals surface area contributed by atoms with Crippen molar-refractivity contribution >= 4 is 38.9 Å². The minimum absolute atomic E-state index is 0.410. The summed E-state index contributed by atoms with van der Waals surface area (Å²) < 4.78 is 0.992. The number of hydrogen-bond acceptors (Lipinski definition) is 2. The highest BCUT2D eigenvalue weighted by molar-refractivity contribution is 9.10. The van der Waals surface area contributed by atoms with Gasteiger partial charge in [0.2, 0.25) is 0 Å². The van der Waals surface area contributed by atoms with Gasteiger partial charge < -0.3 is 15.7 Å². The maximum Gasteiger partial charge on any atom is 0.170 e. The van der Waals surface area contributed by atoms with E-state index in [0.29, 0.717) is 11.7 Å². The summed E-state index contributed by atoms with van der Waals surface area (Å²) in [6, 6.07) is 7.71. The summed E-state index contributed by atoms with van der Waals surface area (Å²) in [6.45, 7) is 2.15. The zero-order chi connectivity index (χ0) is 11.3. The smallest absolute Gasteiger partial charge is 0.170 e. The van der Waals surface area contributed by atoms with Gasteiger partial charge in [-0.05, 0) is 37.3 Å². The minimum Gasteiger partial charge on any atom is -0.392 e. The number of aliphatic hydroxyl groups is 1. The van der Waals surface area contributed by atoms with Crippen molar-refractivity contribution in [1.82, 2.24) is 5.32 Å². The topological polar surface area (TPSA) is 44.3 Å². The monoisotopic (exact) mass is 288 g/mol. The highest BCUT2D eigenvalue weighted by Gasteiger charge is 1.99. The Morgan fingerprint density at radius 3 is 2.93 bits per heavy atom. The molecule has 5 heteroatoms. The van der Waals surface area contributed by atoms with Crippen LogP contribution in [0, 0.1) is 0 Å². The molecular weight excluding hydrogens is 276 g/mol. The normalized spacial score (nSPS) is 11.9. The van der Waals surface area contributed by atoms with Crippen LogP contribution in [0.5, 0.6) is 0 Å². The largest absolute Gasteiger partial charge is 0.392 e. The first kappa shape index (κ1) is 12.4. The van der Waals surface area contributed by atoms with Gasteiger partial charge in [0.1, 0.15) is 0 Å². The second-order valence-electron chi connectivity index (χ2n) is 3.19. The van der Waals surface area contributed by atoms with Crippen LogP contribution in [0.1, 0.15) is 6.92 Å². The number of aliphatic hydroxyl groups excluding tert-OH is 1. The van der Waals surface area contributed by atoms with Crippen molar-refractivity contribution in [3.63, 3.8) is 0 Å². The Bertz CT molecular complexity index is 344. The van der Waals surface area contributed by atoms with Crippen molar-refractivity contribution in [2.75, 3.05) is 11.9 Å². The molecule has 0 spiro atoms. The maximum atomic E-state index is 9.05. The van der Waals surface area contributed by atoms with E-state index in [9.17, 15) is 0 Å². The molecule has 0 heterocycles. The Labute approximate surface area is 103 Å². The molecule has 0 fully saturated rings. The molecule has 1 atom stereocenters. The molecule has 1 aromatic rings. The van der Waals surface area contributed by atoms with E-state index in [1.807, 2.05) is 24.3 Å². The van der Waals surface area contributed by atoms with Gasteiger partial charge in [-0.15, -0.1) is 0 Å². The third-order valence-corrected chi connectivity index (χ3v) is 2.38. The van der Waals surface area contributed by atoms with Crippen LogP contribution in [0.15, 0.2) is 28.7 Å². The third-order valence-electron chi connectivity index (χ3n) is 1.64. The zero-order valence-corrected chi connectivity index (χ0v) is 10.7. The average molecular weight is 289 g/mol. The van der Waals surface area contributed by atoms with Gasteiger partial charge in [0.05, 0.1) is 6.10 Å². The molecule has 0 radical (unpaired) electrons. The molecule has 15 heavy (non-hydrogen) atoms. The molecule has 0 aliphatic rings. The molecule has 0 unspecified atom stereocenters. The van der Waals surface area contributed by atoms with E-state index in [1.54, 1.807) is 6.92 Å². The SMILES string of the molecule is C[C@H](O)CNC(=S)Nc1cccc(Br)c1. The van der Waals surface area contributed by atoms with E-state index in [0.717, 1.165) is 10.2 Å². The van der Waals surface area contributed by atoms with E-state index in [2.05, 4.69) is 26.6 Å². The quantitative estimate of drug-likeness (QED) is 0.746. The van der Waals surface area contributed by atoms with E-state index in [4.69, 9.17) is 17.3 Å². The molecule has 3 N–H and O–H groups in total. The van der Waals surface area contributed by atoms with Gasteiger partial charge in [-0.1, -0.05) is 22.0 Å². The summed E-state index contributed by atoms with van der Waals surface area (Å²) in [6.07, 6.45) is -0.410. The minimum atomic E-state index is -0.410. The Hall–Kier alpha value is -0.650. The Balaban J connectivity index is 2.44. The molecule has 82 valence electrons. The fraction of sp³-hybridized carbons (Fsp3) is 0.300. The van der Waals surface area contributed by atoms with Crippen LogP contribution in [0.2, 0.25) is 0 Å². The Morgan fingerprint density at radius 1 is 1.60 bits per heavy atom. The highest BCUT2D eigenvalue weighted by atomic mass is 79.9. The summed E-state index contributed by atoms with van der Waals surface area (Å²) in [5.41, 5.74) is 0.910. The predicted octanol–water partition coefficient (Wildman–Crippen LogP) is 2.12. The van der Waals surface area contributed by atoms with E-state index in [1.165, 1.54) is 0 Å². The third kappa shape index (κ3) is 5.11. The fourth-order valence-electron chi connectivity index (χ4n) is 0.982. The first-order valence-corrected chi connectivity index (χ1v) is 5.76. The molecule has 0 amide bonds. The Kier molecular flexibility index (Phi) is 5.01. The van der Waals surface area contributed by atoms with Crippen molar-refractivity contribution in [2.45, 2.75) is 13.0 Å². The van der Waals surface area contributed by atoms with E-state index >= 15 is 0 Å². The number of anilines is 1. The average Bonchev–Trinajstić information content (AvgIpc) is 2.15. The fourth-order valence-corrected chi connectivity index (χ4v) is 1.58. The van der Waals surface area contributed by atoms with Crippen molar-refractivity contribution in [3.8, 4) is 0 Å². The van der Waals surface area contributed by atoms with Gasteiger partial charge >= 0.3 is 0 Å². The van der Waals surface area contributed by atoms with Crippen LogP contribution >= 0.6 is 28.1 Å². The number of nitrogens with one attached hydrogen (secondary N) is 2. The number of hydrogen-bond donors (Lipinski definition) is 3. The van der Waals surface area contributed by atoms with E-state index in [-0.39, 0.29) is 0 Å². The van der Waals surface area contributed by atoms with Crippen molar-refractivity contribution in [1.29, 1.82) is 0 Å². The van der Waals surface area contributed by atoms with Crippen molar-refractivity contribution in [3.05, 3.63) is 28.7 Å². The molecule has 0 aliphatic carbocycles. The molecular formula is C10H13BrN2OS. The summed E-state index contributed by atoms with van der Waals surface area (Å²) in [5, 5.41) is 15.5. The van der Waals surface area contributed by atoms with Crippen LogP contribution in [0.25, 0.3) is 0 Å². The number of halogens is 1. The lowest BCUT2D eigenvalue weighted by Gasteiger charge is -2.11. The van der Waals surface area contributed by atoms with Gasteiger partial charge in [-0.3, -0.25) is 0 Å². The van der Waals surface area contributed by atoms with Crippen LogP contribution < -0.4 is 10.6 Å². The van der Waals surface area contributed by atoms with Crippen molar-refractivity contribution in [2.24, 2.45) is 0 Å². The molecule has 0 bridgehead atoms. The highest BCUT2D eigenvalue weighted by Crippen LogP contribution is 2.15. The number of benzene rings is 1. The van der Waals surface area contributed by atoms with Gasteiger partial charge in [-0.2, -0.15) is 0 Å². The second kappa shape index (κ2) is 6.05. The lowest BCUT2D eigenvalue weighted by atomic mass is 10.3. The van der Waals surface area contributed by atoms with Crippen molar-refractivity contribution < 1.29 is 5.11 Å². The van der Waals surface area contributed by atoms with Gasteiger partial charge in [0.25, 0.3) is 0 Å². The summed E-state index contributed by atoms with van der Waals surface area (Å²) in [5.74, 6) is 0. The van der Waals surface area contributed by atoms with Gasteiger partial charge in [-0.25, -0.2) is 0 Å². The first-order chi connectivity index (χ1) is 7.08. The summed E-state index contributed by atoms with van der Waals surface area (Å²) in [7, 11) is 0. The zero-order valence-electron chi connectivity index (χ0n) is 8.33. The number of rotatable bonds is 3. The maximum absolute atomic E-state index is 9.05. The van der Waals surface area contributed by atoms with Crippen LogP contribution in [0.4, 0.5) is 5.69 Å². The second-order valence-corrected chi connectivity index (χ2v) is 4.52. The molecule has 1 aromatic carbocycles. The first-order valence-electron chi connectivity index (χ1n) is 4.56. The van der Waals surface area contributed by atoms with Gasteiger partial charge in [0, 0.05) is 16.7 Å². The van der Waals surface area contributed by atoms with Crippen LogP contribution in [0.3, 0.4) is 0 Å². The van der Waals surface area contributed by atoms with E-state index < -0.39 is 6.10 Å². The van der Waals surface area contributed by atoms with Crippen LogP contribution in [-0.2, 0) is 0 Å². The molecule has 0 aliphatic heterocycles. The lowest BCUT2D eigenvalue weighted by molar-refractivity contribution is 0.198. The number of thiocarbonyl (C=S) groups is 1. The Morgan fingerprint density at radius 2 is 2.33 bits per heavy atom. The lowest BCUT2D eigenvalue weighted by Crippen LogP contribution is -2.33. The molecule has 3 nitrogen and oxygen atoms in total. The van der Waals surface area contributed by atoms with Crippen LogP contribution in [-0.4, -0.2) is 22.9 Å². The molecule has 0 saturated heterocycles. The van der Waals surface area contributed by atoms with Gasteiger partial charge in [0.15, 0.2) is 5.11 Å². The summed E-state index contributed by atoms with van der Waals surface area (Å²) in [4.78, 5) is 0. The molecule has 0 saturated carbocycles. The predicted molar refractivity (Wildman–Crippen MR) is 70.0 cm³/mol. The molecule has 0 aromatic heterocycles. The summed E-state index contributed by atoms with van der Waals surface area (Å²) >= 11 is 8.42. The standard InChI is InChI=1S/C10H13BrN2OS/c1-7(14)6-12-10(15)13-9-4-2-3-8(11)5-9/h2-5,7,14H,6H2,1H3,(H2,12,13,15)/t7-/m0/s1. The molecule has 1 rings (SSSR count).